The van der Waals surface area contributed by atoms with Crippen molar-refractivity contribution in [1.29, 1.82) is 0 Å². The Hall–Kier alpha value is -1.13. The van der Waals surface area contributed by atoms with Crippen LogP contribution in [-0.2, 0) is 0 Å². The molecule has 0 radical (unpaired) electrons. The quantitative estimate of drug-likeness (QED) is 0.793. The lowest BCUT2D eigenvalue weighted by Gasteiger charge is -2.13. The van der Waals surface area contributed by atoms with Crippen molar-refractivity contribution in [2.24, 2.45) is 0 Å². The van der Waals surface area contributed by atoms with Crippen molar-refractivity contribution in [3.05, 3.63) is 11.9 Å². The second-order valence-electron chi connectivity index (χ2n) is 2.99. The Morgan fingerprint density at radius 2 is 2.23 bits per heavy atom. The zero-order valence-corrected chi connectivity index (χ0v) is 7.67. The molecule has 74 valence electrons. The number of hydrogen-bond acceptors (Lipinski definition) is 2. The van der Waals surface area contributed by atoms with Gasteiger partial charge in [0.05, 0.1) is 11.9 Å². The van der Waals surface area contributed by atoms with Crippen LogP contribution in [0.4, 0.5) is 14.5 Å². The molecule has 1 rings (SSSR count). The van der Waals surface area contributed by atoms with Crippen LogP contribution in [0.5, 0.6) is 0 Å². The topological polar surface area (TPSA) is 43.8 Å². The van der Waals surface area contributed by atoms with E-state index in [9.17, 15) is 8.78 Å². The van der Waals surface area contributed by atoms with Crippen LogP contribution in [0.1, 0.15) is 38.4 Å². The fourth-order valence-corrected chi connectivity index (χ4v) is 1.14. The van der Waals surface area contributed by atoms with E-state index in [-0.39, 0.29) is 17.4 Å². The number of hydrogen-bond donors (Lipinski definition) is 1. The van der Waals surface area contributed by atoms with Gasteiger partial charge in [0.25, 0.3) is 6.43 Å². The van der Waals surface area contributed by atoms with Crippen molar-refractivity contribution in [2.75, 3.05) is 5.73 Å². The van der Waals surface area contributed by atoms with Crippen molar-refractivity contribution >= 4 is 5.69 Å². The van der Waals surface area contributed by atoms with Crippen LogP contribution in [0.2, 0.25) is 0 Å². The van der Waals surface area contributed by atoms with Gasteiger partial charge >= 0.3 is 0 Å². The molecule has 0 aliphatic heterocycles. The summed E-state index contributed by atoms with van der Waals surface area (Å²) in [5.74, 6) is 0. The summed E-state index contributed by atoms with van der Waals surface area (Å²) < 4.78 is 26.2. The number of nitrogen functional groups attached to an aromatic ring is 1. The summed E-state index contributed by atoms with van der Waals surface area (Å²) in [5.41, 5.74) is 5.26. The van der Waals surface area contributed by atoms with Crippen LogP contribution in [-0.4, -0.2) is 9.78 Å². The Labute approximate surface area is 75.5 Å². The maximum absolute atomic E-state index is 12.5. The third-order valence-corrected chi connectivity index (χ3v) is 2.08. The molecule has 0 spiro atoms. The number of alkyl halides is 2. The fourth-order valence-electron chi connectivity index (χ4n) is 1.14. The Balaban J connectivity index is 3.07. The third kappa shape index (κ3) is 1.79. The molecule has 0 aliphatic rings. The molecule has 1 aromatic rings. The highest BCUT2D eigenvalue weighted by atomic mass is 19.3. The molecule has 1 aromatic heterocycles. The molecule has 5 heteroatoms. The van der Waals surface area contributed by atoms with Gasteiger partial charge < -0.3 is 5.73 Å². The van der Waals surface area contributed by atoms with E-state index >= 15 is 0 Å². The molecule has 2 N–H and O–H groups in total. The summed E-state index contributed by atoms with van der Waals surface area (Å²) in [5, 5.41) is 3.82. The smallest absolute Gasteiger partial charge is 0.282 e. The lowest BCUT2D eigenvalue weighted by atomic mass is 10.2. The summed E-state index contributed by atoms with van der Waals surface area (Å²) in [6.07, 6.45) is -0.536. The highest BCUT2D eigenvalue weighted by Gasteiger charge is 2.20. The van der Waals surface area contributed by atoms with Gasteiger partial charge in [-0.3, -0.25) is 4.68 Å². The van der Waals surface area contributed by atoms with Crippen molar-refractivity contribution in [3.8, 4) is 0 Å². The summed E-state index contributed by atoms with van der Waals surface area (Å²) in [4.78, 5) is 0. The molecule has 3 nitrogen and oxygen atoms in total. The molecule has 0 bridgehead atoms. The summed E-state index contributed by atoms with van der Waals surface area (Å²) in [7, 11) is 0. The lowest BCUT2D eigenvalue weighted by molar-refractivity contribution is 0.137. The predicted octanol–water partition coefficient (Wildman–Crippen LogP) is 2.37. The van der Waals surface area contributed by atoms with Gasteiger partial charge in [-0.15, -0.1) is 0 Å². The van der Waals surface area contributed by atoms with Gasteiger partial charge in [-0.05, 0) is 13.3 Å². The van der Waals surface area contributed by atoms with Gasteiger partial charge in [-0.25, -0.2) is 8.78 Å². The monoisotopic (exact) mass is 189 g/mol. The first kappa shape index (κ1) is 9.95. The normalized spacial score (nSPS) is 13.6. The zero-order valence-electron chi connectivity index (χ0n) is 7.67. The Morgan fingerprint density at radius 1 is 1.62 bits per heavy atom. The van der Waals surface area contributed by atoms with E-state index in [2.05, 4.69) is 5.10 Å². The van der Waals surface area contributed by atoms with Crippen LogP contribution in [0.15, 0.2) is 6.20 Å². The van der Waals surface area contributed by atoms with Crippen LogP contribution in [0.25, 0.3) is 0 Å². The predicted molar refractivity (Wildman–Crippen MR) is 46.6 cm³/mol. The van der Waals surface area contributed by atoms with Crippen LogP contribution < -0.4 is 5.73 Å². The molecule has 13 heavy (non-hydrogen) atoms. The van der Waals surface area contributed by atoms with E-state index in [4.69, 9.17) is 5.73 Å². The van der Waals surface area contributed by atoms with Crippen LogP contribution >= 0.6 is 0 Å². The molecule has 0 fully saturated rings. The molecule has 0 aromatic carbocycles. The highest BCUT2D eigenvalue weighted by Crippen LogP contribution is 2.27. The standard InChI is InChI=1S/C8H13F2N3/c1-3-5(2)13-7(8(9)10)6(11)4-12-13/h4-5,8H,3,11H2,1-2H3. The van der Waals surface area contributed by atoms with Crippen molar-refractivity contribution < 1.29 is 8.78 Å². The largest absolute Gasteiger partial charge is 0.396 e. The number of anilines is 1. The zero-order chi connectivity index (χ0) is 10.0. The van der Waals surface area contributed by atoms with Gasteiger partial charge in [0.15, 0.2) is 0 Å². The number of nitrogens with zero attached hydrogens (tertiary/aromatic N) is 2. The Kier molecular flexibility index (Phi) is 2.85. The Bertz CT molecular complexity index is 283. The Morgan fingerprint density at radius 3 is 2.69 bits per heavy atom. The number of rotatable bonds is 3. The maximum atomic E-state index is 12.5. The van der Waals surface area contributed by atoms with E-state index in [1.54, 1.807) is 0 Å². The second kappa shape index (κ2) is 3.72. The first-order valence-electron chi connectivity index (χ1n) is 4.19. The minimum absolute atomic E-state index is 0.0405. The highest BCUT2D eigenvalue weighted by molar-refractivity contribution is 5.41. The second-order valence-corrected chi connectivity index (χ2v) is 2.99. The van der Waals surface area contributed by atoms with Gasteiger partial charge in [-0.2, -0.15) is 5.10 Å². The van der Waals surface area contributed by atoms with E-state index < -0.39 is 6.43 Å². The van der Waals surface area contributed by atoms with E-state index in [1.807, 2.05) is 13.8 Å². The molecule has 0 saturated carbocycles. The first-order chi connectivity index (χ1) is 6.07. The van der Waals surface area contributed by atoms with Gasteiger partial charge in [0.1, 0.15) is 5.69 Å². The maximum Gasteiger partial charge on any atom is 0.282 e. The number of nitrogens with two attached hydrogens (primary N) is 1. The number of halogens is 2. The minimum Gasteiger partial charge on any atom is -0.396 e. The molecule has 0 saturated heterocycles. The average molecular weight is 189 g/mol. The lowest BCUT2D eigenvalue weighted by Crippen LogP contribution is -2.10. The van der Waals surface area contributed by atoms with Crippen LogP contribution in [0, 0.1) is 0 Å². The van der Waals surface area contributed by atoms with Gasteiger partial charge in [0.2, 0.25) is 0 Å². The molecule has 1 atom stereocenters. The minimum atomic E-state index is -2.56. The molecular weight excluding hydrogens is 176 g/mol. The summed E-state index contributed by atoms with van der Waals surface area (Å²) in [6.45, 7) is 3.75. The SMILES string of the molecule is CCC(C)n1ncc(N)c1C(F)F. The van der Waals surface area contributed by atoms with E-state index in [0.29, 0.717) is 0 Å². The first-order valence-corrected chi connectivity index (χ1v) is 4.19. The van der Waals surface area contributed by atoms with E-state index in [1.165, 1.54) is 10.9 Å². The van der Waals surface area contributed by atoms with E-state index in [0.717, 1.165) is 6.42 Å². The molecular formula is C8H13F2N3. The number of aromatic nitrogens is 2. The van der Waals surface area contributed by atoms with Gasteiger partial charge in [-0.1, -0.05) is 6.92 Å². The van der Waals surface area contributed by atoms with Crippen LogP contribution in [0.3, 0.4) is 0 Å². The van der Waals surface area contributed by atoms with Crippen molar-refractivity contribution in [3.63, 3.8) is 0 Å². The molecule has 1 unspecified atom stereocenters. The molecule has 0 amide bonds. The fraction of sp³-hybridized carbons (Fsp3) is 0.625. The van der Waals surface area contributed by atoms with Crippen molar-refractivity contribution in [2.45, 2.75) is 32.7 Å². The van der Waals surface area contributed by atoms with Crippen molar-refractivity contribution in [1.82, 2.24) is 9.78 Å². The summed E-state index contributed by atoms with van der Waals surface area (Å²) >= 11 is 0. The summed E-state index contributed by atoms with van der Waals surface area (Å²) in [6, 6.07) is -0.0405. The average Bonchev–Trinajstić information content (AvgIpc) is 2.45. The van der Waals surface area contributed by atoms with Gasteiger partial charge in [0, 0.05) is 6.04 Å². The molecule has 1 heterocycles. The molecule has 0 aliphatic carbocycles. The third-order valence-electron chi connectivity index (χ3n) is 2.08.